The Bertz CT molecular complexity index is 771. The lowest BCUT2D eigenvalue weighted by molar-refractivity contribution is -0.136. The summed E-state index contributed by atoms with van der Waals surface area (Å²) < 4.78 is 0. The molecule has 0 saturated carbocycles. The lowest BCUT2D eigenvalue weighted by Crippen LogP contribution is -2.52. The van der Waals surface area contributed by atoms with E-state index in [0.29, 0.717) is 25.6 Å². The van der Waals surface area contributed by atoms with Gasteiger partial charge in [-0.15, -0.1) is 0 Å². The van der Waals surface area contributed by atoms with Crippen LogP contribution in [-0.4, -0.2) is 47.8 Å². The number of nitrogens with one attached hydrogen (secondary N) is 3. The summed E-state index contributed by atoms with van der Waals surface area (Å²) >= 11 is 0. The van der Waals surface area contributed by atoms with Gasteiger partial charge in [0.25, 0.3) is 5.91 Å². The van der Waals surface area contributed by atoms with Gasteiger partial charge in [0, 0.05) is 31.1 Å². The lowest BCUT2D eigenvalue weighted by Gasteiger charge is -2.29. The third-order valence-corrected chi connectivity index (χ3v) is 6.03. The maximum atomic E-state index is 13.1. The fourth-order valence-electron chi connectivity index (χ4n) is 4.51. The molecule has 1 aromatic carbocycles. The van der Waals surface area contributed by atoms with Crippen LogP contribution in [0.4, 0.5) is 0 Å². The minimum atomic E-state index is -0.559. The van der Waals surface area contributed by atoms with Crippen LogP contribution in [0, 0.1) is 0 Å². The van der Waals surface area contributed by atoms with Crippen LogP contribution in [0.1, 0.15) is 60.0 Å². The predicted molar refractivity (Wildman–Crippen MR) is 104 cm³/mol. The number of piperidine rings is 1. The van der Waals surface area contributed by atoms with E-state index in [0.717, 1.165) is 55.5 Å². The number of carbonyl (C=O) groups excluding carboxylic acids is 3. The van der Waals surface area contributed by atoms with E-state index in [1.165, 1.54) is 0 Å². The van der Waals surface area contributed by atoms with Crippen molar-refractivity contribution in [2.24, 2.45) is 0 Å². The van der Waals surface area contributed by atoms with Crippen LogP contribution < -0.4 is 16.0 Å². The average Bonchev–Trinajstić information content (AvgIpc) is 2.98. The van der Waals surface area contributed by atoms with Crippen molar-refractivity contribution in [2.75, 3.05) is 13.1 Å². The molecule has 0 radical (unpaired) electrons. The third-order valence-electron chi connectivity index (χ3n) is 6.03. The minimum Gasteiger partial charge on any atom is -0.322 e. The van der Waals surface area contributed by atoms with Crippen molar-refractivity contribution < 1.29 is 14.4 Å². The molecule has 3 N–H and O–H groups in total. The Morgan fingerprint density at radius 2 is 1.86 bits per heavy atom. The van der Waals surface area contributed by atoms with Crippen molar-refractivity contribution in [2.45, 2.75) is 63.7 Å². The Morgan fingerprint density at radius 3 is 2.61 bits per heavy atom. The molecular formula is C21H28N4O3. The number of carbonyl (C=O) groups is 3. The van der Waals surface area contributed by atoms with Gasteiger partial charge in [-0.3, -0.25) is 19.7 Å². The van der Waals surface area contributed by atoms with E-state index in [4.69, 9.17) is 0 Å². The number of imide groups is 1. The van der Waals surface area contributed by atoms with Gasteiger partial charge in [0.1, 0.15) is 6.04 Å². The highest BCUT2D eigenvalue weighted by atomic mass is 16.2. The Hall–Kier alpha value is -2.25. The highest BCUT2D eigenvalue weighted by Crippen LogP contribution is 2.30. The molecule has 1 unspecified atom stereocenters. The first kappa shape index (κ1) is 19.1. The van der Waals surface area contributed by atoms with E-state index in [1.807, 2.05) is 18.2 Å². The van der Waals surface area contributed by atoms with Crippen molar-refractivity contribution in [1.29, 1.82) is 0 Å². The first-order chi connectivity index (χ1) is 13.6. The second kappa shape index (κ2) is 8.41. The van der Waals surface area contributed by atoms with Gasteiger partial charge in [-0.05, 0) is 56.3 Å². The average molecular weight is 384 g/mol. The molecule has 0 bridgehead atoms. The summed E-state index contributed by atoms with van der Waals surface area (Å²) in [6.07, 6.45) is 5.27. The van der Waals surface area contributed by atoms with Crippen molar-refractivity contribution in [1.82, 2.24) is 20.9 Å². The smallest absolute Gasteiger partial charge is 0.255 e. The second-order valence-electron chi connectivity index (χ2n) is 7.96. The van der Waals surface area contributed by atoms with Gasteiger partial charge in [0.2, 0.25) is 11.8 Å². The first-order valence-corrected chi connectivity index (χ1v) is 10.3. The highest BCUT2D eigenvalue weighted by molar-refractivity contribution is 6.05. The molecule has 0 aliphatic carbocycles. The zero-order valence-electron chi connectivity index (χ0n) is 16.1. The molecule has 2 fully saturated rings. The van der Waals surface area contributed by atoms with Crippen LogP contribution in [0.15, 0.2) is 18.2 Å². The van der Waals surface area contributed by atoms with Gasteiger partial charge in [-0.1, -0.05) is 18.2 Å². The van der Waals surface area contributed by atoms with Gasteiger partial charge in [0.15, 0.2) is 0 Å². The first-order valence-electron chi connectivity index (χ1n) is 10.3. The SMILES string of the molecule is O=C1CCC(N2Cc3cccc(CNC4CCCNCCC4)c3C2=O)C(=O)N1. The molecule has 0 spiro atoms. The number of fused-ring (bicyclic) bond motifs is 1. The van der Waals surface area contributed by atoms with Crippen LogP contribution in [0.2, 0.25) is 0 Å². The van der Waals surface area contributed by atoms with Gasteiger partial charge in [0.05, 0.1) is 0 Å². The molecule has 3 heterocycles. The quantitative estimate of drug-likeness (QED) is 0.676. The largest absolute Gasteiger partial charge is 0.322 e. The monoisotopic (exact) mass is 384 g/mol. The maximum absolute atomic E-state index is 13.1. The summed E-state index contributed by atoms with van der Waals surface area (Å²) in [7, 11) is 0. The Balaban J connectivity index is 1.45. The molecular weight excluding hydrogens is 356 g/mol. The number of benzene rings is 1. The Labute approximate surface area is 165 Å². The fraction of sp³-hybridized carbons (Fsp3) is 0.571. The standard InChI is InChI=1S/C21H28N4O3/c26-18-9-8-17(20(27)24-18)25-13-15-5-1-4-14(19(15)21(25)28)12-23-16-6-2-10-22-11-3-7-16/h1,4-5,16-17,22-23H,2-3,6-13H2,(H,24,26,27). The van der Waals surface area contributed by atoms with Crippen molar-refractivity contribution >= 4 is 17.7 Å². The van der Waals surface area contributed by atoms with E-state index in [-0.39, 0.29) is 24.1 Å². The number of nitrogens with zero attached hydrogens (tertiary/aromatic N) is 1. The Morgan fingerprint density at radius 1 is 1.07 bits per heavy atom. The summed E-state index contributed by atoms with van der Waals surface area (Å²) in [5.74, 6) is -0.714. The molecule has 3 aliphatic rings. The van der Waals surface area contributed by atoms with Crippen LogP contribution >= 0.6 is 0 Å². The molecule has 7 nitrogen and oxygen atoms in total. The van der Waals surface area contributed by atoms with E-state index in [9.17, 15) is 14.4 Å². The predicted octanol–water partition coefficient (Wildman–Crippen LogP) is 1.07. The molecule has 150 valence electrons. The summed E-state index contributed by atoms with van der Waals surface area (Å²) in [4.78, 5) is 38.4. The van der Waals surface area contributed by atoms with Gasteiger partial charge in [-0.2, -0.15) is 0 Å². The highest BCUT2D eigenvalue weighted by Gasteiger charge is 2.39. The van der Waals surface area contributed by atoms with E-state index < -0.39 is 6.04 Å². The van der Waals surface area contributed by atoms with E-state index in [2.05, 4.69) is 16.0 Å². The summed E-state index contributed by atoms with van der Waals surface area (Å²) in [5.41, 5.74) is 2.69. The van der Waals surface area contributed by atoms with Gasteiger partial charge >= 0.3 is 0 Å². The zero-order chi connectivity index (χ0) is 19.5. The van der Waals surface area contributed by atoms with Crippen molar-refractivity contribution in [3.8, 4) is 0 Å². The number of rotatable bonds is 4. The van der Waals surface area contributed by atoms with Gasteiger partial charge in [-0.25, -0.2) is 0 Å². The Kier molecular flexibility index (Phi) is 5.73. The molecule has 1 atom stereocenters. The molecule has 28 heavy (non-hydrogen) atoms. The molecule has 4 rings (SSSR count). The number of amides is 3. The molecule has 2 saturated heterocycles. The normalized spacial score (nSPS) is 23.9. The number of hydrogen-bond donors (Lipinski definition) is 3. The van der Waals surface area contributed by atoms with Crippen molar-refractivity contribution in [3.05, 3.63) is 34.9 Å². The zero-order valence-corrected chi connectivity index (χ0v) is 16.1. The van der Waals surface area contributed by atoms with Crippen LogP contribution in [-0.2, 0) is 22.7 Å². The topological polar surface area (TPSA) is 90.5 Å². The van der Waals surface area contributed by atoms with Crippen molar-refractivity contribution in [3.63, 3.8) is 0 Å². The summed E-state index contributed by atoms with van der Waals surface area (Å²) in [6, 6.07) is 5.86. The molecule has 3 aliphatic heterocycles. The molecule has 0 aromatic heterocycles. The second-order valence-corrected chi connectivity index (χ2v) is 7.96. The fourth-order valence-corrected chi connectivity index (χ4v) is 4.51. The minimum absolute atomic E-state index is 0.0937. The van der Waals surface area contributed by atoms with E-state index in [1.54, 1.807) is 4.90 Å². The van der Waals surface area contributed by atoms with Crippen LogP contribution in [0.5, 0.6) is 0 Å². The maximum Gasteiger partial charge on any atom is 0.255 e. The summed E-state index contributed by atoms with van der Waals surface area (Å²) in [6.45, 7) is 3.23. The molecule has 3 amide bonds. The lowest BCUT2D eigenvalue weighted by atomic mass is 10.0. The van der Waals surface area contributed by atoms with Gasteiger partial charge < -0.3 is 15.5 Å². The molecule has 7 heteroatoms. The van der Waals surface area contributed by atoms with E-state index >= 15 is 0 Å². The van der Waals surface area contributed by atoms with Crippen LogP contribution in [0.25, 0.3) is 0 Å². The number of hydrogen-bond acceptors (Lipinski definition) is 5. The molecule has 1 aromatic rings. The summed E-state index contributed by atoms with van der Waals surface area (Å²) in [5, 5.41) is 9.43. The van der Waals surface area contributed by atoms with Crippen LogP contribution in [0.3, 0.4) is 0 Å². The third kappa shape index (κ3) is 3.95.